The van der Waals surface area contributed by atoms with E-state index in [0.29, 0.717) is 11.0 Å². The molecule has 1 aromatic heterocycles. The van der Waals surface area contributed by atoms with E-state index in [-0.39, 0.29) is 6.10 Å². The first kappa shape index (κ1) is 12.8. The molecule has 1 aromatic carbocycles. The van der Waals surface area contributed by atoms with Crippen LogP contribution < -0.4 is 4.74 Å². The zero-order chi connectivity index (χ0) is 13.1. The summed E-state index contributed by atoms with van der Waals surface area (Å²) in [6.07, 6.45) is 0.149. The van der Waals surface area contributed by atoms with Crippen LogP contribution in [0.15, 0.2) is 30.3 Å². The number of hydrogen-bond acceptors (Lipinski definition) is 3. The van der Waals surface area contributed by atoms with E-state index in [0.717, 1.165) is 17.0 Å². The predicted octanol–water partition coefficient (Wildman–Crippen LogP) is 3.89. The van der Waals surface area contributed by atoms with Crippen molar-refractivity contribution in [2.24, 2.45) is 0 Å². The van der Waals surface area contributed by atoms with Gasteiger partial charge in [-0.2, -0.15) is 0 Å². The van der Waals surface area contributed by atoms with Gasteiger partial charge < -0.3 is 4.74 Å². The van der Waals surface area contributed by atoms with Gasteiger partial charge in [0, 0.05) is 11.6 Å². The molecular formula is C14H15ClN2O. The Morgan fingerprint density at radius 1 is 1.17 bits per heavy atom. The van der Waals surface area contributed by atoms with E-state index in [1.807, 2.05) is 45.0 Å². The normalized spacial score (nSPS) is 10.7. The third-order valence-corrected chi connectivity index (χ3v) is 2.50. The molecule has 0 amide bonds. The summed E-state index contributed by atoms with van der Waals surface area (Å²) in [5, 5.41) is 0.452. The summed E-state index contributed by atoms with van der Waals surface area (Å²) < 4.78 is 5.66. The van der Waals surface area contributed by atoms with Gasteiger partial charge in [0.1, 0.15) is 16.7 Å². The summed E-state index contributed by atoms with van der Waals surface area (Å²) >= 11 is 5.94. The van der Waals surface area contributed by atoms with Crippen LogP contribution in [0.25, 0.3) is 11.3 Å². The fourth-order valence-electron chi connectivity index (χ4n) is 1.68. The summed E-state index contributed by atoms with van der Waals surface area (Å²) in [7, 11) is 0. The highest BCUT2D eigenvalue weighted by Crippen LogP contribution is 2.24. The smallest absolute Gasteiger partial charge is 0.133 e. The highest BCUT2D eigenvalue weighted by atomic mass is 35.5. The Morgan fingerprint density at radius 3 is 2.61 bits per heavy atom. The van der Waals surface area contributed by atoms with Crippen molar-refractivity contribution >= 4 is 11.6 Å². The summed E-state index contributed by atoms with van der Waals surface area (Å²) in [5.74, 6) is 1.49. The second kappa shape index (κ2) is 5.36. The number of aromatic nitrogens is 2. The molecule has 0 atom stereocenters. The molecule has 18 heavy (non-hydrogen) atoms. The Balaban J connectivity index is 2.38. The van der Waals surface area contributed by atoms with Gasteiger partial charge in [-0.3, -0.25) is 0 Å². The van der Waals surface area contributed by atoms with Gasteiger partial charge in [-0.25, -0.2) is 9.97 Å². The fourth-order valence-corrected chi connectivity index (χ4v) is 1.91. The van der Waals surface area contributed by atoms with Crippen LogP contribution in [0.3, 0.4) is 0 Å². The fraction of sp³-hybridized carbons (Fsp3) is 0.286. The van der Waals surface area contributed by atoms with Crippen molar-refractivity contribution in [3.63, 3.8) is 0 Å². The van der Waals surface area contributed by atoms with Crippen molar-refractivity contribution < 1.29 is 4.74 Å². The lowest BCUT2D eigenvalue weighted by molar-refractivity contribution is 0.242. The Morgan fingerprint density at radius 2 is 1.94 bits per heavy atom. The number of nitrogens with zero attached hydrogens (tertiary/aromatic N) is 2. The molecule has 0 radical (unpaired) electrons. The summed E-state index contributed by atoms with van der Waals surface area (Å²) in [4.78, 5) is 8.43. The minimum atomic E-state index is 0.149. The number of ether oxygens (including phenoxy) is 1. The number of halogens is 1. The molecule has 1 heterocycles. The number of hydrogen-bond donors (Lipinski definition) is 0. The molecule has 0 unspecified atom stereocenters. The summed E-state index contributed by atoms with van der Waals surface area (Å²) in [6, 6.07) is 9.56. The van der Waals surface area contributed by atoms with Crippen LogP contribution in [0, 0.1) is 6.92 Å². The summed E-state index contributed by atoms with van der Waals surface area (Å²) in [6.45, 7) is 5.82. The molecule has 4 heteroatoms. The molecule has 0 N–H and O–H groups in total. The maximum absolute atomic E-state index is 5.94. The van der Waals surface area contributed by atoms with E-state index < -0.39 is 0 Å². The number of benzene rings is 1. The number of rotatable bonds is 3. The van der Waals surface area contributed by atoms with E-state index >= 15 is 0 Å². The minimum absolute atomic E-state index is 0.149. The SMILES string of the molecule is Cc1nc(Cl)cc(-c2cccc(OC(C)C)c2)n1. The standard InChI is InChI=1S/C14H15ClN2O/c1-9(2)18-12-6-4-5-11(7-12)13-8-14(15)17-10(3)16-13/h4-9H,1-3H3. The highest BCUT2D eigenvalue weighted by molar-refractivity contribution is 6.29. The van der Waals surface area contributed by atoms with Crippen molar-refractivity contribution in [3.05, 3.63) is 41.3 Å². The van der Waals surface area contributed by atoms with Gasteiger partial charge in [0.05, 0.1) is 11.8 Å². The van der Waals surface area contributed by atoms with Gasteiger partial charge in [0.15, 0.2) is 0 Å². The van der Waals surface area contributed by atoms with Crippen molar-refractivity contribution in [1.82, 2.24) is 9.97 Å². The molecule has 0 aliphatic heterocycles. The zero-order valence-corrected chi connectivity index (χ0v) is 11.4. The van der Waals surface area contributed by atoms with Crippen LogP contribution in [0.2, 0.25) is 5.15 Å². The monoisotopic (exact) mass is 262 g/mol. The maximum atomic E-state index is 5.94. The van der Waals surface area contributed by atoms with Crippen LogP contribution >= 0.6 is 11.6 Å². The van der Waals surface area contributed by atoms with Crippen LogP contribution in [-0.2, 0) is 0 Å². The van der Waals surface area contributed by atoms with Crippen LogP contribution in [0.1, 0.15) is 19.7 Å². The molecule has 0 saturated carbocycles. The first-order chi connectivity index (χ1) is 8.54. The molecule has 0 saturated heterocycles. The van der Waals surface area contributed by atoms with Crippen molar-refractivity contribution in [2.75, 3.05) is 0 Å². The average molecular weight is 263 g/mol. The lowest BCUT2D eigenvalue weighted by atomic mass is 10.1. The molecule has 0 bridgehead atoms. The van der Waals surface area contributed by atoms with Gasteiger partial charge in [0.2, 0.25) is 0 Å². The molecule has 0 spiro atoms. The van der Waals surface area contributed by atoms with Gasteiger partial charge in [-0.05, 0) is 32.9 Å². The Labute approximate surface area is 112 Å². The predicted molar refractivity (Wildman–Crippen MR) is 73.0 cm³/mol. The van der Waals surface area contributed by atoms with E-state index in [1.165, 1.54) is 0 Å². The van der Waals surface area contributed by atoms with Gasteiger partial charge >= 0.3 is 0 Å². The third-order valence-electron chi connectivity index (χ3n) is 2.31. The van der Waals surface area contributed by atoms with E-state index in [2.05, 4.69) is 9.97 Å². The van der Waals surface area contributed by atoms with E-state index in [9.17, 15) is 0 Å². The Kier molecular flexibility index (Phi) is 3.82. The lowest BCUT2D eigenvalue weighted by Gasteiger charge is -2.11. The quantitative estimate of drug-likeness (QED) is 0.787. The van der Waals surface area contributed by atoms with Gasteiger partial charge in [0.25, 0.3) is 0 Å². The van der Waals surface area contributed by atoms with Gasteiger partial charge in [-0.1, -0.05) is 23.7 Å². The van der Waals surface area contributed by atoms with Crippen LogP contribution in [0.4, 0.5) is 0 Å². The second-order valence-corrected chi connectivity index (χ2v) is 4.70. The first-order valence-electron chi connectivity index (χ1n) is 5.83. The topological polar surface area (TPSA) is 35.0 Å². The molecule has 2 aromatic rings. The van der Waals surface area contributed by atoms with E-state index in [4.69, 9.17) is 16.3 Å². The van der Waals surface area contributed by atoms with Gasteiger partial charge in [-0.15, -0.1) is 0 Å². The largest absolute Gasteiger partial charge is 0.491 e. The first-order valence-corrected chi connectivity index (χ1v) is 6.20. The minimum Gasteiger partial charge on any atom is -0.491 e. The molecule has 0 aliphatic rings. The van der Waals surface area contributed by atoms with Crippen LogP contribution in [-0.4, -0.2) is 16.1 Å². The average Bonchev–Trinajstić information content (AvgIpc) is 2.27. The zero-order valence-electron chi connectivity index (χ0n) is 10.6. The molecule has 0 fully saturated rings. The molecular weight excluding hydrogens is 248 g/mol. The second-order valence-electron chi connectivity index (χ2n) is 4.32. The Hall–Kier alpha value is -1.61. The maximum Gasteiger partial charge on any atom is 0.133 e. The molecule has 0 aliphatic carbocycles. The third kappa shape index (κ3) is 3.20. The van der Waals surface area contributed by atoms with Crippen LogP contribution in [0.5, 0.6) is 5.75 Å². The van der Waals surface area contributed by atoms with Crippen molar-refractivity contribution in [1.29, 1.82) is 0 Å². The summed E-state index contributed by atoms with van der Waals surface area (Å²) in [5.41, 5.74) is 1.78. The lowest BCUT2D eigenvalue weighted by Crippen LogP contribution is -2.05. The van der Waals surface area contributed by atoms with Crippen molar-refractivity contribution in [3.8, 4) is 17.0 Å². The molecule has 3 nitrogen and oxygen atoms in total. The Bertz CT molecular complexity index is 535. The molecule has 2 rings (SSSR count). The number of aryl methyl sites for hydroxylation is 1. The molecule has 94 valence electrons. The van der Waals surface area contributed by atoms with Crippen molar-refractivity contribution in [2.45, 2.75) is 26.9 Å². The highest BCUT2D eigenvalue weighted by Gasteiger charge is 2.05. The van der Waals surface area contributed by atoms with E-state index in [1.54, 1.807) is 6.07 Å².